The average molecular weight is 413 g/mol. The molecule has 0 saturated carbocycles. The Morgan fingerprint density at radius 1 is 0.871 bits per heavy atom. The third kappa shape index (κ3) is 3.90. The molecule has 0 unspecified atom stereocenters. The Kier molecular flexibility index (Phi) is 5.14. The summed E-state index contributed by atoms with van der Waals surface area (Å²) in [5.41, 5.74) is 3.98. The number of anilines is 1. The lowest BCUT2D eigenvalue weighted by atomic mass is 10.0. The average Bonchev–Trinajstić information content (AvgIpc) is 3.17. The Bertz CT molecular complexity index is 1200. The Balaban J connectivity index is 1.44. The van der Waals surface area contributed by atoms with Gasteiger partial charge < -0.3 is 9.32 Å². The van der Waals surface area contributed by atoms with Crippen LogP contribution < -0.4 is 4.90 Å². The topological polar surface area (TPSA) is 62.8 Å². The van der Waals surface area contributed by atoms with Crippen molar-refractivity contribution in [3.8, 4) is 11.1 Å². The van der Waals surface area contributed by atoms with Gasteiger partial charge in [0.15, 0.2) is 0 Å². The highest BCUT2D eigenvalue weighted by molar-refractivity contribution is 5.97. The molecule has 6 heteroatoms. The second kappa shape index (κ2) is 8.24. The maximum atomic E-state index is 11.3. The van der Waals surface area contributed by atoms with Gasteiger partial charge in [-0.05, 0) is 23.8 Å². The number of non-ortho nitro benzene ring substituents is 1. The van der Waals surface area contributed by atoms with Crippen molar-refractivity contribution < 1.29 is 9.34 Å². The number of nitro benzene ring substituents is 1. The quantitative estimate of drug-likeness (QED) is 0.327. The van der Waals surface area contributed by atoms with E-state index in [-0.39, 0.29) is 10.6 Å². The molecular weight excluding hydrogens is 390 g/mol. The van der Waals surface area contributed by atoms with Gasteiger partial charge >= 0.3 is 0 Å². The summed E-state index contributed by atoms with van der Waals surface area (Å²) in [4.78, 5) is 15.8. The fraction of sp³-hybridized carbons (Fsp3) is 0.200. The lowest BCUT2D eigenvalue weighted by molar-refractivity contribution is -0.384. The normalized spacial score (nSPS) is 14.8. The van der Waals surface area contributed by atoms with Crippen LogP contribution >= 0.6 is 0 Å². The predicted molar refractivity (Wildman–Crippen MR) is 122 cm³/mol. The molecule has 1 aliphatic rings. The Hall–Kier alpha value is -3.64. The largest absolute Gasteiger partial charge is 0.459 e. The van der Waals surface area contributed by atoms with Gasteiger partial charge in [0, 0.05) is 54.9 Å². The molecule has 156 valence electrons. The van der Waals surface area contributed by atoms with Crippen LogP contribution in [0.15, 0.2) is 83.3 Å². The molecular formula is C25H23N3O3. The number of furan rings is 1. The van der Waals surface area contributed by atoms with E-state index in [4.69, 9.17) is 4.42 Å². The number of rotatable bonds is 5. The standard InChI is InChI=1S/C25H23N3O3/c29-28(30)21-11-12-23-22(17-21)25(19-7-3-1-4-8-19)24(31-23)18-26-13-15-27(16-14-26)20-9-5-2-6-10-20/h1-12,17H,13-16,18H2. The highest BCUT2D eigenvalue weighted by atomic mass is 16.6. The minimum Gasteiger partial charge on any atom is -0.459 e. The summed E-state index contributed by atoms with van der Waals surface area (Å²) < 4.78 is 6.22. The van der Waals surface area contributed by atoms with E-state index in [1.165, 1.54) is 11.8 Å². The molecule has 0 radical (unpaired) electrons. The molecule has 0 aliphatic carbocycles. The van der Waals surface area contributed by atoms with Crippen LogP contribution in [0.1, 0.15) is 5.76 Å². The highest BCUT2D eigenvalue weighted by Gasteiger charge is 2.23. The van der Waals surface area contributed by atoms with Crippen LogP contribution in [-0.2, 0) is 6.54 Å². The lowest BCUT2D eigenvalue weighted by Gasteiger charge is -2.35. The van der Waals surface area contributed by atoms with Crippen molar-refractivity contribution in [1.29, 1.82) is 0 Å². The van der Waals surface area contributed by atoms with Gasteiger partial charge in [0.25, 0.3) is 5.69 Å². The van der Waals surface area contributed by atoms with Crippen molar-refractivity contribution in [2.45, 2.75) is 6.54 Å². The number of para-hydroxylation sites is 1. The Morgan fingerprint density at radius 3 is 2.23 bits per heavy atom. The molecule has 0 atom stereocenters. The number of hydrogen-bond donors (Lipinski definition) is 0. The van der Waals surface area contributed by atoms with Gasteiger partial charge in [-0.15, -0.1) is 0 Å². The molecule has 6 nitrogen and oxygen atoms in total. The molecule has 5 rings (SSSR count). The van der Waals surface area contributed by atoms with E-state index in [9.17, 15) is 10.1 Å². The second-order valence-electron chi connectivity index (χ2n) is 7.80. The minimum atomic E-state index is -0.357. The molecule has 1 saturated heterocycles. The molecule has 1 aromatic heterocycles. The first-order valence-corrected chi connectivity index (χ1v) is 10.5. The van der Waals surface area contributed by atoms with Gasteiger partial charge in [-0.3, -0.25) is 15.0 Å². The number of piperazine rings is 1. The summed E-state index contributed by atoms with van der Waals surface area (Å²) in [6, 6.07) is 25.3. The van der Waals surface area contributed by atoms with E-state index in [2.05, 4.69) is 34.1 Å². The molecule has 0 bridgehead atoms. The zero-order chi connectivity index (χ0) is 21.2. The van der Waals surface area contributed by atoms with Crippen molar-refractivity contribution >= 4 is 22.3 Å². The van der Waals surface area contributed by atoms with Gasteiger partial charge in [0.2, 0.25) is 0 Å². The molecule has 3 aromatic carbocycles. The van der Waals surface area contributed by atoms with Crippen molar-refractivity contribution in [2.75, 3.05) is 31.1 Å². The molecule has 1 fully saturated rings. The fourth-order valence-electron chi connectivity index (χ4n) is 4.29. The van der Waals surface area contributed by atoms with Crippen molar-refractivity contribution in [2.24, 2.45) is 0 Å². The summed E-state index contributed by atoms with van der Waals surface area (Å²) in [7, 11) is 0. The van der Waals surface area contributed by atoms with Gasteiger partial charge in [-0.2, -0.15) is 0 Å². The van der Waals surface area contributed by atoms with E-state index in [1.807, 2.05) is 36.4 Å². The van der Waals surface area contributed by atoms with Crippen LogP contribution in [0.2, 0.25) is 0 Å². The third-order valence-electron chi connectivity index (χ3n) is 5.88. The number of fused-ring (bicyclic) bond motifs is 1. The second-order valence-corrected chi connectivity index (χ2v) is 7.80. The summed E-state index contributed by atoms with van der Waals surface area (Å²) in [6.45, 7) is 4.45. The maximum absolute atomic E-state index is 11.3. The third-order valence-corrected chi connectivity index (χ3v) is 5.88. The molecule has 1 aliphatic heterocycles. The number of hydrogen-bond acceptors (Lipinski definition) is 5. The lowest BCUT2D eigenvalue weighted by Crippen LogP contribution is -2.45. The summed E-state index contributed by atoms with van der Waals surface area (Å²) >= 11 is 0. The SMILES string of the molecule is O=[N+]([O-])c1ccc2oc(CN3CCN(c4ccccc4)CC3)c(-c3ccccc3)c2c1. The van der Waals surface area contributed by atoms with Crippen LogP contribution in [0.5, 0.6) is 0 Å². The number of nitrogens with zero attached hydrogens (tertiary/aromatic N) is 3. The van der Waals surface area contributed by atoms with Gasteiger partial charge in [0.05, 0.1) is 11.5 Å². The minimum absolute atomic E-state index is 0.0773. The predicted octanol–water partition coefficient (Wildman–Crippen LogP) is 5.33. The fourth-order valence-corrected chi connectivity index (χ4v) is 4.29. The Morgan fingerprint density at radius 2 is 1.55 bits per heavy atom. The number of benzene rings is 3. The molecule has 0 spiro atoms. The highest BCUT2D eigenvalue weighted by Crippen LogP contribution is 2.37. The van der Waals surface area contributed by atoms with Gasteiger partial charge in [-0.1, -0.05) is 48.5 Å². The zero-order valence-electron chi connectivity index (χ0n) is 17.1. The molecule has 0 N–H and O–H groups in total. The van der Waals surface area contributed by atoms with Crippen LogP contribution in [0, 0.1) is 10.1 Å². The smallest absolute Gasteiger partial charge is 0.270 e. The summed E-state index contributed by atoms with van der Waals surface area (Å²) in [6.07, 6.45) is 0. The molecule has 4 aromatic rings. The number of nitro groups is 1. The van der Waals surface area contributed by atoms with Crippen LogP contribution in [0.3, 0.4) is 0 Å². The monoisotopic (exact) mass is 413 g/mol. The zero-order valence-corrected chi connectivity index (χ0v) is 17.1. The van der Waals surface area contributed by atoms with E-state index < -0.39 is 0 Å². The van der Waals surface area contributed by atoms with E-state index >= 15 is 0 Å². The van der Waals surface area contributed by atoms with Crippen LogP contribution in [0.4, 0.5) is 11.4 Å². The van der Waals surface area contributed by atoms with E-state index in [0.717, 1.165) is 48.5 Å². The first-order valence-electron chi connectivity index (χ1n) is 10.5. The molecule has 2 heterocycles. The van der Waals surface area contributed by atoms with Crippen molar-refractivity contribution in [3.63, 3.8) is 0 Å². The van der Waals surface area contributed by atoms with Crippen molar-refractivity contribution in [3.05, 3.63) is 94.7 Å². The first-order chi connectivity index (χ1) is 15.2. The van der Waals surface area contributed by atoms with E-state index in [0.29, 0.717) is 12.1 Å². The molecule has 0 amide bonds. The van der Waals surface area contributed by atoms with E-state index in [1.54, 1.807) is 12.1 Å². The summed E-state index contributed by atoms with van der Waals surface area (Å²) in [5, 5.41) is 12.1. The van der Waals surface area contributed by atoms with Crippen LogP contribution in [0.25, 0.3) is 22.1 Å². The summed E-state index contributed by atoms with van der Waals surface area (Å²) in [5.74, 6) is 0.856. The van der Waals surface area contributed by atoms with Gasteiger partial charge in [-0.25, -0.2) is 0 Å². The van der Waals surface area contributed by atoms with Crippen LogP contribution in [-0.4, -0.2) is 36.0 Å². The Labute approximate surface area is 180 Å². The first kappa shape index (κ1) is 19.3. The van der Waals surface area contributed by atoms with Gasteiger partial charge in [0.1, 0.15) is 11.3 Å². The van der Waals surface area contributed by atoms with Crippen molar-refractivity contribution in [1.82, 2.24) is 4.90 Å². The molecule has 31 heavy (non-hydrogen) atoms. The maximum Gasteiger partial charge on any atom is 0.270 e.